The Hall–Kier alpha value is -6.42. The molecule has 2 heterocycles. The molecule has 0 aliphatic carbocycles. The number of azo groups is 1. The van der Waals surface area contributed by atoms with Crippen molar-refractivity contribution in [3.8, 4) is 22.8 Å². The minimum atomic E-state index is -0.546. The van der Waals surface area contributed by atoms with Crippen molar-refractivity contribution in [1.82, 2.24) is 10.1 Å². The maximum Gasteiger partial charge on any atom is 0.343 e. The van der Waals surface area contributed by atoms with Gasteiger partial charge in [0.25, 0.3) is 5.91 Å². The molecule has 0 bridgehead atoms. The number of carbonyl (C=O) groups is 2. The first kappa shape index (κ1) is 29.6. The highest BCUT2D eigenvalue weighted by atomic mass is 16.6. The van der Waals surface area contributed by atoms with E-state index in [0.29, 0.717) is 34.0 Å². The van der Waals surface area contributed by atoms with Crippen molar-refractivity contribution in [3.05, 3.63) is 151 Å². The Kier molecular flexibility index (Phi) is 8.97. The van der Waals surface area contributed by atoms with Crippen LogP contribution in [0, 0.1) is 0 Å². The van der Waals surface area contributed by atoms with Gasteiger partial charge in [-0.1, -0.05) is 59.8 Å². The molecule has 0 radical (unpaired) electrons. The van der Waals surface area contributed by atoms with E-state index >= 15 is 0 Å². The average Bonchev–Trinajstić information content (AvgIpc) is 3.62. The summed E-state index contributed by atoms with van der Waals surface area (Å²) in [4.78, 5) is 32.1. The Morgan fingerprint density at radius 2 is 1.43 bits per heavy atom. The Balaban J connectivity index is 1.28. The van der Waals surface area contributed by atoms with Gasteiger partial charge in [-0.25, -0.2) is 4.79 Å². The molecular formula is C36H27N5O5. The Bertz CT molecular complexity index is 1960. The lowest BCUT2D eigenvalue weighted by atomic mass is 10.1. The van der Waals surface area contributed by atoms with E-state index in [-0.39, 0.29) is 23.9 Å². The molecular weight excluding hydrogens is 582 g/mol. The Labute approximate surface area is 264 Å². The number of benzene rings is 4. The van der Waals surface area contributed by atoms with Crippen LogP contribution in [0.1, 0.15) is 26.4 Å². The van der Waals surface area contributed by atoms with Gasteiger partial charge in [0.15, 0.2) is 23.0 Å². The van der Waals surface area contributed by atoms with Crippen LogP contribution in [0.25, 0.3) is 11.3 Å². The van der Waals surface area contributed by atoms with E-state index < -0.39 is 5.97 Å². The summed E-state index contributed by atoms with van der Waals surface area (Å²) in [5, 5.41) is 12.7. The molecule has 2 aromatic heterocycles. The molecule has 0 atom stereocenters. The van der Waals surface area contributed by atoms with Crippen LogP contribution in [-0.2, 0) is 6.54 Å². The van der Waals surface area contributed by atoms with E-state index in [1.54, 1.807) is 65.6 Å². The third-order valence-corrected chi connectivity index (χ3v) is 6.92. The first-order valence-corrected chi connectivity index (χ1v) is 14.3. The largest absolute Gasteiger partial charge is 0.493 e. The van der Waals surface area contributed by atoms with Crippen LogP contribution in [0.5, 0.6) is 11.5 Å². The smallest absolute Gasteiger partial charge is 0.343 e. The molecule has 0 saturated heterocycles. The van der Waals surface area contributed by atoms with Crippen molar-refractivity contribution in [3.63, 3.8) is 0 Å². The molecule has 0 saturated carbocycles. The molecule has 0 fully saturated rings. The molecule has 226 valence electrons. The summed E-state index contributed by atoms with van der Waals surface area (Å²) in [6, 6.07) is 35.8. The summed E-state index contributed by atoms with van der Waals surface area (Å²) in [6.45, 7) is 0.145. The molecule has 1 amide bonds. The Morgan fingerprint density at radius 3 is 2.13 bits per heavy atom. The number of methoxy groups -OCH3 is 1. The number of pyridine rings is 1. The summed E-state index contributed by atoms with van der Waals surface area (Å²) in [7, 11) is 1.48. The van der Waals surface area contributed by atoms with Gasteiger partial charge in [-0.3, -0.25) is 9.78 Å². The molecule has 10 nitrogen and oxygen atoms in total. The summed E-state index contributed by atoms with van der Waals surface area (Å²) < 4.78 is 16.7. The number of rotatable bonds is 10. The van der Waals surface area contributed by atoms with Gasteiger partial charge < -0.3 is 18.9 Å². The number of carbonyl (C=O) groups excluding carboxylic acids is 2. The number of aromatic nitrogens is 2. The molecule has 0 aliphatic rings. The molecule has 6 aromatic rings. The third-order valence-electron chi connectivity index (χ3n) is 6.92. The molecule has 6 rings (SSSR count). The minimum absolute atomic E-state index is 0.140. The number of hydrogen-bond acceptors (Lipinski definition) is 9. The van der Waals surface area contributed by atoms with E-state index in [4.69, 9.17) is 14.0 Å². The summed E-state index contributed by atoms with van der Waals surface area (Å²) >= 11 is 0. The van der Waals surface area contributed by atoms with Crippen LogP contribution in [-0.4, -0.2) is 29.1 Å². The lowest BCUT2D eigenvalue weighted by Crippen LogP contribution is -2.30. The van der Waals surface area contributed by atoms with Gasteiger partial charge in [0.1, 0.15) is 0 Å². The maximum absolute atomic E-state index is 14.0. The van der Waals surface area contributed by atoms with Crippen molar-refractivity contribution in [2.24, 2.45) is 10.2 Å². The molecule has 46 heavy (non-hydrogen) atoms. The van der Waals surface area contributed by atoms with Crippen LogP contribution in [0.4, 0.5) is 17.1 Å². The zero-order valence-electron chi connectivity index (χ0n) is 24.7. The van der Waals surface area contributed by atoms with E-state index in [9.17, 15) is 9.59 Å². The predicted octanol–water partition coefficient (Wildman–Crippen LogP) is 8.23. The lowest BCUT2D eigenvalue weighted by Gasteiger charge is -2.22. The minimum Gasteiger partial charge on any atom is -0.493 e. The first-order chi connectivity index (χ1) is 22.6. The topological polar surface area (TPSA) is 119 Å². The highest BCUT2D eigenvalue weighted by Crippen LogP contribution is 2.31. The normalized spacial score (nSPS) is 10.9. The van der Waals surface area contributed by atoms with Gasteiger partial charge >= 0.3 is 5.97 Å². The van der Waals surface area contributed by atoms with Gasteiger partial charge in [-0.15, -0.1) is 0 Å². The zero-order valence-corrected chi connectivity index (χ0v) is 24.7. The maximum atomic E-state index is 14.0. The van der Waals surface area contributed by atoms with Crippen LogP contribution in [0.2, 0.25) is 0 Å². The fourth-order valence-electron chi connectivity index (χ4n) is 4.57. The molecule has 0 aliphatic heterocycles. The van der Waals surface area contributed by atoms with Crippen molar-refractivity contribution < 1.29 is 23.6 Å². The Morgan fingerprint density at radius 1 is 0.761 bits per heavy atom. The summed E-state index contributed by atoms with van der Waals surface area (Å²) in [6.07, 6.45) is 3.03. The second kappa shape index (κ2) is 13.9. The van der Waals surface area contributed by atoms with Crippen LogP contribution in [0.3, 0.4) is 0 Å². The van der Waals surface area contributed by atoms with Crippen molar-refractivity contribution >= 4 is 28.9 Å². The van der Waals surface area contributed by atoms with Crippen molar-refractivity contribution in [1.29, 1.82) is 0 Å². The number of hydrogen-bond donors (Lipinski definition) is 0. The highest BCUT2D eigenvalue weighted by Gasteiger charge is 2.23. The zero-order chi connectivity index (χ0) is 31.7. The van der Waals surface area contributed by atoms with Crippen LogP contribution in [0.15, 0.2) is 148 Å². The monoisotopic (exact) mass is 609 g/mol. The quantitative estimate of drug-likeness (QED) is 0.0872. The number of anilines is 1. The molecule has 0 N–H and O–H groups in total. The number of amides is 1. The van der Waals surface area contributed by atoms with Gasteiger partial charge in [-0.2, -0.15) is 10.2 Å². The van der Waals surface area contributed by atoms with E-state index in [2.05, 4.69) is 20.4 Å². The van der Waals surface area contributed by atoms with Crippen molar-refractivity contribution in [2.45, 2.75) is 6.54 Å². The standard InChI is InChI=1S/C36H27N5O5/c1-44-34-22-25(12-17-32(34)45-36(43)27-18-20-37-21-19-27)24-41(35(42)31-23-33(46-40-31)26-8-4-2-5-9-26)30-15-13-29(14-16-30)39-38-28-10-6-3-7-11-28/h2-23H,24H2,1H3. The van der Waals surface area contributed by atoms with Gasteiger partial charge in [-0.05, 0) is 66.2 Å². The molecule has 10 heteroatoms. The SMILES string of the molecule is COc1cc(CN(C(=O)c2cc(-c3ccccc3)on2)c2ccc(N=Nc3ccccc3)cc2)ccc1OC(=O)c1ccncc1. The van der Waals surface area contributed by atoms with Crippen molar-refractivity contribution in [2.75, 3.05) is 12.0 Å². The van der Waals surface area contributed by atoms with E-state index in [1.165, 1.54) is 19.5 Å². The fraction of sp³-hybridized carbons (Fsp3) is 0.0556. The van der Waals surface area contributed by atoms with Gasteiger partial charge in [0.05, 0.1) is 30.6 Å². The van der Waals surface area contributed by atoms with Crippen LogP contribution < -0.4 is 14.4 Å². The van der Waals surface area contributed by atoms with E-state index in [1.807, 2.05) is 60.7 Å². The fourth-order valence-corrected chi connectivity index (χ4v) is 4.57. The predicted molar refractivity (Wildman–Crippen MR) is 172 cm³/mol. The molecule has 4 aromatic carbocycles. The summed E-state index contributed by atoms with van der Waals surface area (Å²) in [5.74, 6) is 0.120. The average molecular weight is 610 g/mol. The van der Waals surface area contributed by atoms with Gasteiger partial charge in [0, 0.05) is 29.7 Å². The summed E-state index contributed by atoms with van der Waals surface area (Å²) in [5.41, 5.74) is 3.96. The number of ether oxygens (including phenoxy) is 2. The second-order valence-corrected chi connectivity index (χ2v) is 10.00. The second-order valence-electron chi connectivity index (χ2n) is 10.00. The molecule has 0 spiro atoms. The van der Waals surface area contributed by atoms with Crippen LogP contribution >= 0.6 is 0 Å². The first-order valence-electron chi connectivity index (χ1n) is 14.3. The third kappa shape index (κ3) is 7.03. The lowest BCUT2D eigenvalue weighted by molar-refractivity contribution is 0.0729. The number of esters is 1. The van der Waals surface area contributed by atoms with E-state index in [0.717, 1.165) is 11.3 Å². The number of nitrogens with zero attached hydrogens (tertiary/aromatic N) is 5. The van der Waals surface area contributed by atoms with Gasteiger partial charge in [0.2, 0.25) is 0 Å². The highest BCUT2D eigenvalue weighted by molar-refractivity contribution is 6.05. The molecule has 0 unspecified atom stereocenters.